The Kier molecular flexibility index (Phi) is 2.40. The van der Waals surface area contributed by atoms with Crippen molar-refractivity contribution in [3.8, 4) is 12.1 Å². The van der Waals surface area contributed by atoms with E-state index in [1.54, 1.807) is 17.5 Å². The lowest BCUT2D eigenvalue weighted by Gasteiger charge is -1.96. The highest BCUT2D eigenvalue weighted by Gasteiger charge is 2.34. The third kappa shape index (κ3) is 1.22. The Hall–Kier alpha value is -1.88. The zero-order valence-corrected chi connectivity index (χ0v) is 9.45. The largest absolute Gasteiger partial charge is 0.288 e. The maximum Gasteiger partial charge on any atom is 0.196 e. The molecule has 76 valence electrons. The fraction of sp³-hybridized carbons (Fsp3) is 0. The van der Waals surface area contributed by atoms with Gasteiger partial charge in [0.05, 0.1) is 5.56 Å². The minimum Gasteiger partial charge on any atom is -0.288 e. The van der Waals surface area contributed by atoms with Gasteiger partial charge in [0, 0.05) is 22.1 Å². The molecule has 1 aromatic rings. The Labute approximate surface area is 100 Å². The summed E-state index contributed by atoms with van der Waals surface area (Å²) in [7, 11) is 0. The second kappa shape index (κ2) is 3.61. The first-order chi connectivity index (χ1) is 7.61. The predicted molar refractivity (Wildman–Crippen MR) is 60.9 cm³/mol. The molecule has 3 nitrogen and oxygen atoms in total. The number of carbonyl (C=O) groups is 1. The van der Waals surface area contributed by atoms with Gasteiger partial charge in [-0.05, 0) is 0 Å². The van der Waals surface area contributed by atoms with E-state index in [1.807, 2.05) is 0 Å². The van der Waals surface area contributed by atoms with Crippen LogP contribution in [0.3, 0.4) is 0 Å². The quantitative estimate of drug-likeness (QED) is 0.522. The first-order valence-corrected chi connectivity index (χ1v) is 5.43. The molecule has 2 rings (SSSR count). The van der Waals surface area contributed by atoms with Crippen molar-refractivity contribution < 1.29 is 4.79 Å². The van der Waals surface area contributed by atoms with Crippen molar-refractivity contribution in [3.63, 3.8) is 0 Å². The van der Waals surface area contributed by atoms with Crippen LogP contribution in [-0.2, 0) is 0 Å². The molecule has 5 heteroatoms. The normalized spacial score (nSPS) is 13.3. The van der Waals surface area contributed by atoms with Crippen LogP contribution in [-0.4, -0.2) is 5.78 Å². The number of rotatable bonds is 0. The highest BCUT2D eigenvalue weighted by Crippen LogP contribution is 2.44. The number of Topliss-reactive ketones (excluding diaryl/α,β-unsaturated/α-hetero) is 1. The number of halogens is 1. The van der Waals surface area contributed by atoms with E-state index in [9.17, 15) is 4.79 Å². The highest BCUT2D eigenvalue weighted by molar-refractivity contribution is 7.15. The molecule has 0 saturated carbocycles. The second-order valence-corrected chi connectivity index (χ2v) is 4.56. The van der Waals surface area contributed by atoms with E-state index in [-0.39, 0.29) is 16.9 Å². The van der Waals surface area contributed by atoms with Gasteiger partial charge in [-0.15, -0.1) is 11.3 Å². The van der Waals surface area contributed by atoms with E-state index < -0.39 is 0 Å². The van der Waals surface area contributed by atoms with Crippen LogP contribution in [0.5, 0.6) is 0 Å². The van der Waals surface area contributed by atoms with Crippen molar-refractivity contribution in [1.29, 1.82) is 10.5 Å². The summed E-state index contributed by atoms with van der Waals surface area (Å²) in [4.78, 5) is 11.8. The highest BCUT2D eigenvalue weighted by atomic mass is 35.5. The van der Waals surface area contributed by atoms with Crippen molar-refractivity contribution in [3.05, 3.63) is 38.6 Å². The number of hydrogen-bond acceptors (Lipinski definition) is 4. The van der Waals surface area contributed by atoms with Gasteiger partial charge >= 0.3 is 0 Å². The van der Waals surface area contributed by atoms with Crippen LogP contribution in [0.4, 0.5) is 0 Å². The third-order valence-electron chi connectivity index (χ3n) is 2.29. The minimum atomic E-state index is -0.306. The summed E-state index contributed by atoms with van der Waals surface area (Å²) in [5.41, 5.74) is 1.27. The Morgan fingerprint density at radius 2 is 2.06 bits per heavy atom. The lowest BCUT2D eigenvalue weighted by atomic mass is 10.0. The van der Waals surface area contributed by atoms with E-state index in [4.69, 9.17) is 22.1 Å². The number of nitriles is 2. The van der Waals surface area contributed by atoms with Gasteiger partial charge in [0.2, 0.25) is 0 Å². The van der Waals surface area contributed by atoms with Gasteiger partial charge in [0.15, 0.2) is 5.78 Å². The number of hydrogen-bond donors (Lipinski definition) is 0. The van der Waals surface area contributed by atoms with Crippen LogP contribution in [0, 0.1) is 22.7 Å². The average Bonchev–Trinajstić information content (AvgIpc) is 2.75. The van der Waals surface area contributed by atoms with Gasteiger partial charge in [-0.3, -0.25) is 4.79 Å². The Bertz CT molecular complexity index is 624. The number of allylic oxidation sites excluding steroid dienone is 3. The molecule has 0 atom stereocenters. The molecule has 1 aliphatic carbocycles. The molecule has 0 amide bonds. The van der Waals surface area contributed by atoms with Gasteiger partial charge in [0.1, 0.15) is 22.0 Å². The van der Waals surface area contributed by atoms with Crippen LogP contribution in [0.25, 0.3) is 5.57 Å². The topological polar surface area (TPSA) is 64.7 Å². The molecular weight excluding hydrogens is 244 g/mol. The molecule has 0 fully saturated rings. The van der Waals surface area contributed by atoms with E-state index in [0.717, 1.165) is 0 Å². The van der Waals surface area contributed by atoms with Gasteiger partial charge in [0.25, 0.3) is 0 Å². The standard InChI is InChI=1S/C11H3ClN2OS/c1-5-8(6(2-13)3-14)7-4-16-11(12)9(7)10(5)15/h4H,1H2. The van der Waals surface area contributed by atoms with Crippen molar-refractivity contribution in [2.24, 2.45) is 0 Å². The fourth-order valence-corrected chi connectivity index (χ4v) is 2.68. The van der Waals surface area contributed by atoms with E-state index >= 15 is 0 Å². The van der Waals surface area contributed by atoms with E-state index in [1.165, 1.54) is 11.3 Å². The number of thiophene rings is 1. The van der Waals surface area contributed by atoms with Crippen molar-refractivity contribution >= 4 is 34.3 Å². The summed E-state index contributed by atoms with van der Waals surface area (Å²) in [5.74, 6) is -0.306. The predicted octanol–water partition coefficient (Wildman–Crippen LogP) is 2.95. The molecule has 0 spiro atoms. The zero-order chi connectivity index (χ0) is 11.9. The summed E-state index contributed by atoms with van der Waals surface area (Å²) in [6, 6.07) is 3.52. The summed E-state index contributed by atoms with van der Waals surface area (Å²) >= 11 is 7.08. The van der Waals surface area contributed by atoms with Crippen LogP contribution >= 0.6 is 22.9 Å². The van der Waals surface area contributed by atoms with Gasteiger partial charge in [-0.1, -0.05) is 18.2 Å². The number of ketones is 1. The third-order valence-corrected chi connectivity index (χ3v) is 3.51. The van der Waals surface area contributed by atoms with Crippen LogP contribution in [0.1, 0.15) is 15.9 Å². The lowest BCUT2D eigenvalue weighted by molar-refractivity contribution is 0.104. The summed E-state index contributed by atoms with van der Waals surface area (Å²) in [5, 5.41) is 19.3. The number of nitrogens with zero attached hydrogens (tertiary/aromatic N) is 2. The Morgan fingerprint density at radius 1 is 1.44 bits per heavy atom. The molecule has 0 radical (unpaired) electrons. The summed E-state index contributed by atoms with van der Waals surface area (Å²) in [6.07, 6.45) is 0. The van der Waals surface area contributed by atoms with Gasteiger partial charge < -0.3 is 0 Å². The van der Waals surface area contributed by atoms with Crippen molar-refractivity contribution in [2.75, 3.05) is 0 Å². The van der Waals surface area contributed by atoms with Gasteiger partial charge in [-0.25, -0.2) is 0 Å². The maximum atomic E-state index is 11.8. The molecule has 0 aliphatic heterocycles. The fourth-order valence-electron chi connectivity index (χ4n) is 1.58. The van der Waals surface area contributed by atoms with Crippen molar-refractivity contribution in [2.45, 2.75) is 0 Å². The minimum absolute atomic E-state index is 0.105. The molecule has 0 saturated heterocycles. The maximum absolute atomic E-state index is 11.8. The number of fused-ring (bicyclic) bond motifs is 1. The molecule has 0 aromatic carbocycles. The summed E-state index contributed by atoms with van der Waals surface area (Å²) in [6.45, 7) is 3.60. The molecule has 0 N–H and O–H groups in total. The zero-order valence-electron chi connectivity index (χ0n) is 7.87. The second-order valence-electron chi connectivity index (χ2n) is 3.08. The van der Waals surface area contributed by atoms with Crippen LogP contribution in [0.15, 0.2) is 23.1 Å². The molecule has 0 bridgehead atoms. The Balaban J connectivity index is 2.84. The smallest absolute Gasteiger partial charge is 0.196 e. The number of carbonyl (C=O) groups excluding carboxylic acids is 1. The molecule has 1 aromatic heterocycles. The average molecular weight is 247 g/mol. The molecular formula is C11H3ClN2OS. The monoisotopic (exact) mass is 246 g/mol. The van der Waals surface area contributed by atoms with Crippen LogP contribution < -0.4 is 0 Å². The van der Waals surface area contributed by atoms with E-state index in [2.05, 4.69) is 6.58 Å². The first kappa shape index (κ1) is 10.6. The van der Waals surface area contributed by atoms with Gasteiger partial charge in [-0.2, -0.15) is 10.5 Å². The lowest BCUT2D eigenvalue weighted by Crippen LogP contribution is -1.93. The SMILES string of the molecule is C=C1C(=O)c2c(csc2Cl)C1=C(C#N)C#N. The molecule has 1 heterocycles. The van der Waals surface area contributed by atoms with Crippen LogP contribution in [0.2, 0.25) is 4.34 Å². The summed E-state index contributed by atoms with van der Waals surface area (Å²) < 4.78 is 0.367. The first-order valence-electron chi connectivity index (χ1n) is 4.17. The molecule has 16 heavy (non-hydrogen) atoms. The van der Waals surface area contributed by atoms with Crippen molar-refractivity contribution in [1.82, 2.24) is 0 Å². The molecule has 1 aliphatic rings. The van der Waals surface area contributed by atoms with E-state index in [0.29, 0.717) is 21.0 Å². The Morgan fingerprint density at radius 3 is 2.62 bits per heavy atom. The molecule has 0 unspecified atom stereocenters.